The number of nitrogens with zero attached hydrogens (tertiary/aromatic N) is 1. The molecule has 0 atom stereocenters. The third kappa shape index (κ3) is 46300. The minimum Gasteiger partial charge on any atom is -0.444 e. The summed E-state index contributed by atoms with van der Waals surface area (Å²) in [6.45, 7) is 0. The van der Waals surface area contributed by atoms with Crippen LogP contribution in [0.1, 0.15) is 0 Å². The molecule has 0 aliphatic rings. The average Bonchev–Trinajstić information content (AvgIpc) is 0.918. The van der Waals surface area contributed by atoms with Crippen molar-refractivity contribution in [1.29, 1.82) is 0 Å². The van der Waals surface area contributed by atoms with Crippen molar-refractivity contribution >= 4 is 23.1 Å². The second-order valence-corrected chi connectivity index (χ2v) is 0.0745. The predicted molar refractivity (Wildman–Crippen MR) is 25.8 cm³/mol. The maximum atomic E-state index is 8.00. The van der Waals surface area contributed by atoms with E-state index < -0.39 is 0 Å². The summed E-state index contributed by atoms with van der Waals surface area (Å²) in [6.07, 6.45) is 0. The van der Waals surface area contributed by atoms with Gasteiger partial charge in [0.05, 0.1) is 0 Å². The van der Waals surface area contributed by atoms with Crippen molar-refractivity contribution < 1.29 is 16.4 Å². The molecule has 0 heterocycles. The maximum Gasteiger partial charge on any atom is 2.00 e. The van der Waals surface area contributed by atoms with E-state index in [-0.39, 0.29) is 39.5 Å². The smallest absolute Gasteiger partial charge is 0.444 e. The molecule has 0 bridgehead atoms. The molecule has 0 aliphatic heterocycles. The zero-order valence-electron chi connectivity index (χ0n) is 3.47. The molecule has 7 heavy (non-hydrogen) atoms. The third-order valence-electron chi connectivity index (χ3n) is 0. The predicted octanol–water partition coefficient (Wildman–Crippen LogP) is -2.60. The molecular formula is H6MgNO5+. The summed E-state index contributed by atoms with van der Waals surface area (Å²) in [7, 11) is 0. The van der Waals surface area contributed by atoms with Crippen molar-refractivity contribution in [3.8, 4) is 0 Å². The molecule has 0 rings (SSSR count). The fourth-order valence-corrected chi connectivity index (χ4v) is 0. The Kier molecular flexibility index (Phi) is 1240. The first-order chi connectivity index (χ1) is 1.41. The molecule has 0 fully saturated rings. The minimum atomic E-state index is 0. The molecule has 7 heteroatoms. The van der Waals surface area contributed by atoms with Gasteiger partial charge >= 0.3 is 23.1 Å². The van der Waals surface area contributed by atoms with Crippen molar-refractivity contribution in [3.63, 3.8) is 0 Å². The standard InChI is InChI=1S/Mg.HNO2.3H2O/c;2-1-3;;;/h;(H,2,3);3*1H2/q+2;;;;/p-1. The molecule has 0 aromatic carbocycles. The van der Waals surface area contributed by atoms with Crippen LogP contribution in [0, 0.1) is 10.1 Å². The Morgan fingerprint density at radius 3 is 1.14 bits per heavy atom. The monoisotopic (exact) mass is 124 g/mol. The van der Waals surface area contributed by atoms with Gasteiger partial charge in [0.2, 0.25) is 0 Å². The molecule has 6 nitrogen and oxygen atoms in total. The van der Waals surface area contributed by atoms with Crippen molar-refractivity contribution in [1.82, 2.24) is 0 Å². The Morgan fingerprint density at radius 2 is 1.14 bits per heavy atom. The minimum absolute atomic E-state index is 0. The van der Waals surface area contributed by atoms with Crippen LogP contribution in [-0.4, -0.2) is 39.5 Å². The first kappa shape index (κ1) is 61.5. The van der Waals surface area contributed by atoms with E-state index in [2.05, 4.69) is 0 Å². The van der Waals surface area contributed by atoms with Gasteiger partial charge in [-0.2, -0.15) is 0 Å². The van der Waals surface area contributed by atoms with Gasteiger partial charge in [0.1, 0.15) is 0 Å². The van der Waals surface area contributed by atoms with E-state index in [1.807, 2.05) is 0 Å². The Bertz CT molecular complexity index is 15.6. The second-order valence-electron chi connectivity index (χ2n) is 0.0745. The van der Waals surface area contributed by atoms with Gasteiger partial charge in [-0.1, -0.05) is 0 Å². The van der Waals surface area contributed by atoms with Crippen LogP contribution in [0.25, 0.3) is 0 Å². The van der Waals surface area contributed by atoms with Crippen LogP contribution in [0.2, 0.25) is 0 Å². The van der Waals surface area contributed by atoms with Crippen molar-refractivity contribution in [3.05, 3.63) is 10.1 Å². The van der Waals surface area contributed by atoms with Gasteiger partial charge in [-0.25, -0.2) is 0 Å². The van der Waals surface area contributed by atoms with E-state index in [0.717, 1.165) is 5.34 Å². The second kappa shape index (κ2) is 141. The first-order valence-corrected chi connectivity index (χ1v) is 0.365. The fraction of sp³-hybridized carbons (Fsp3) is 0. The molecule has 0 aliphatic carbocycles. The Labute approximate surface area is 55.5 Å². The van der Waals surface area contributed by atoms with Crippen LogP contribution in [-0.2, 0) is 0 Å². The van der Waals surface area contributed by atoms with E-state index in [1.54, 1.807) is 0 Å². The van der Waals surface area contributed by atoms with Gasteiger partial charge in [0.15, 0.2) is 0 Å². The fourth-order valence-electron chi connectivity index (χ4n) is 0. The van der Waals surface area contributed by atoms with E-state index in [9.17, 15) is 0 Å². The van der Waals surface area contributed by atoms with Gasteiger partial charge in [0, 0.05) is 0 Å². The topological polar surface area (TPSA) is 147 Å². The zero-order valence-corrected chi connectivity index (χ0v) is 4.89. The SMILES string of the molecule is O.O.O.O=N[O-].[Mg+2]. The number of hydrogen-bond acceptors (Lipinski definition) is 3. The van der Waals surface area contributed by atoms with Gasteiger partial charge in [-0.3, -0.25) is 0 Å². The summed E-state index contributed by atoms with van der Waals surface area (Å²) >= 11 is 0. The molecule has 6 N–H and O–H groups in total. The summed E-state index contributed by atoms with van der Waals surface area (Å²) in [4.78, 5) is 8.00. The molecule has 0 aromatic heterocycles. The van der Waals surface area contributed by atoms with Crippen LogP contribution in [0.3, 0.4) is 0 Å². The normalized spacial score (nSPS) is 1.71. The van der Waals surface area contributed by atoms with Crippen molar-refractivity contribution in [2.24, 2.45) is 5.34 Å². The van der Waals surface area contributed by atoms with Crippen molar-refractivity contribution in [2.75, 3.05) is 0 Å². The van der Waals surface area contributed by atoms with Crippen LogP contribution in [0.15, 0.2) is 5.34 Å². The van der Waals surface area contributed by atoms with Crippen LogP contribution in [0.5, 0.6) is 0 Å². The largest absolute Gasteiger partial charge is 2.00 e. The summed E-state index contributed by atoms with van der Waals surface area (Å²) in [5, 5.41) is 9.00. The third-order valence-corrected chi connectivity index (χ3v) is 0. The van der Waals surface area contributed by atoms with Gasteiger partial charge < -0.3 is 26.5 Å². The van der Waals surface area contributed by atoms with Crippen LogP contribution >= 0.6 is 0 Å². The van der Waals surface area contributed by atoms with Gasteiger partial charge in [-0.05, 0) is 0 Å². The molecule has 0 saturated carbocycles. The van der Waals surface area contributed by atoms with Crippen LogP contribution < -0.4 is 0 Å². The molecule has 0 saturated heterocycles. The Balaban J connectivity index is -0.00000000333. The first-order valence-electron chi connectivity index (χ1n) is 0.365. The Morgan fingerprint density at radius 1 is 1.14 bits per heavy atom. The van der Waals surface area contributed by atoms with Gasteiger partial charge in [-0.15, -0.1) is 5.34 Å². The van der Waals surface area contributed by atoms with E-state index in [0.29, 0.717) is 0 Å². The number of rotatable bonds is 0. The van der Waals surface area contributed by atoms with E-state index in [4.69, 9.17) is 10.1 Å². The quantitative estimate of drug-likeness (QED) is 0.198. The Hall–Kier alpha value is 0.0462. The zero-order chi connectivity index (χ0) is 2.71. The van der Waals surface area contributed by atoms with Gasteiger partial charge in [0.25, 0.3) is 0 Å². The molecule has 0 aromatic rings. The molecule has 0 spiro atoms. The molecule has 0 radical (unpaired) electrons. The van der Waals surface area contributed by atoms with E-state index >= 15 is 0 Å². The summed E-state index contributed by atoms with van der Waals surface area (Å²) in [5.74, 6) is 0. The van der Waals surface area contributed by atoms with Crippen LogP contribution in [0.4, 0.5) is 0 Å². The molecule has 0 unspecified atom stereocenters. The summed E-state index contributed by atoms with van der Waals surface area (Å²) in [5.41, 5.74) is 0. The van der Waals surface area contributed by atoms with Crippen molar-refractivity contribution in [2.45, 2.75) is 0 Å². The molecule has 0 amide bonds. The average molecular weight is 124 g/mol. The number of hydrogen-bond donors (Lipinski definition) is 0. The van der Waals surface area contributed by atoms with E-state index in [1.165, 1.54) is 0 Å². The summed E-state index contributed by atoms with van der Waals surface area (Å²) in [6, 6.07) is 0. The maximum absolute atomic E-state index is 8.00. The summed E-state index contributed by atoms with van der Waals surface area (Å²) < 4.78 is 0. The molecular weight excluding hydrogens is 118 g/mol. The molecule has 42 valence electrons.